The lowest BCUT2D eigenvalue weighted by atomic mass is 9.86. The first kappa shape index (κ1) is 27.9. The SMILES string of the molecule is CC1CC=C(SCC2CCCCC2)N(c2ccccc2)C(=O)C2=C1CCN(c1nc3ccc(C(F)(F)F)cc3[nH]1)C2. The van der Waals surface area contributed by atoms with E-state index < -0.39 is 11.7 Å². The van der Waals surface area contributed by atoms with Gasteiger partial charge in [-0.1, -0.05) is 56.0 Å². The molecule has 6 rings (SSSR count). The van der Waals surface area contributed by atoms with Crippen LogP contribution in [0.1, 0.15) is 57.4 Å². The molecule has 3 aromatic rings. The molecule has 0 saturated heterocycles. The lowest BCUT2D eigenvalue weighted by Gasteiger charge is -2.37. The van der Waals surface area contributed by atoms with E-state index in [1.165, 1.54) is 38.2 Å². The number of carbonyl (C=O) groups excluding carboxylic acids is 1. The van der Waals surface area contributed by atoms with Crippen molar-refractivity contribution in [2.45, 2.75) is 58.0 Å². The van der Waals surface area contributed by atoms with Crippen LogP contribution in [-0.4, -0.2) is 34.7 Å². The number of hydrogen-bond donors (Lipinski definition) is 1. The first-order valence-corrected chi connectivity index (χ1v) is 15.5. The number of fused-ring (bicyclic) bond motifs is 1. The van der Waals surface area contributed by atoms with E-state index in [2.05, 4.69) is 23.0 Å². The molecule has 1 atom stereocenters. The summed E-state index contributed by atoms with van der Waals surface area (Å²) in [6.45, 7) is 3.19. The number of nitrogens with one attached hydrogen (secondary N) is 1. The number of imidazole rings is 1. The fourth-order valence-corrected chi connectivity index (χ4v) is 7.55. The summed E-state index contributed by atoms with van der Waals surface area (Å²) < 4.78 is 39.9. The third-order valence-corrected chi connectivity index (χ3v) is 9.90. The Morgan fingerprint density at radius 1 is 1.07 bits per heavy atom. The Morgan fingerprint density at radius 3 is 2.61 bits per heavy atom. The smallest absolute Gasteiger partial charge is 0.338 e. The second kappa shape index (κ2) is 11.6. The number of halogens is 3. The van der Waals surface area contributed by atoms with Crippen molar-refractivity contribution in [3.8, 4) is 0 Å². The molecular formula is C32H35F3N4OS. The van der Waals surface area contributed by atoms with Crippen molar-refractivity contribution in [2.75, 3.05) is 28.6 Å². The molecule has 1 N–H and O–H groups in total. The van der Waals surface area contributed by atoms with Crippen LogP contribution in [0.25, 0.3) is 11.0 Å². The maximum absolute atomic E-state index is 14.5. The second-order valence-corrected chi connectivity index (χ2v) is 12.5. The molecule has 9 heteroatoms. The van der Waals surface area contributed by atoms with Crippen LogP contribution >= 0.6 is 11.8 Å². The molecule has 1 fully saturated rings. The predicted molar refractivity (Wildman–Crippen MR) is 160 cm³/mol. The molecular weight excluding hydrogens is 545 g/mol. The number of aromatic nitrogens is 2. The number of carbonyl (C=O) groups is 1. The minimum atomic E-state index is -4.42. The van der Waals surface area contributed by atoms with Crippen LogP contribution in [0.4, 0.5) is 24.8 Å². The van der Waals surface area contributed by atoms with Crippen LogP contribution in [0.5, 0.6) is 0 Å². The Bertz CT molecular complexity index is 1470. The quantitative estimate of drug-likeness (QED) is 0.330. The van der Waals surface area contributed by atoms with Crippen LogP contribution in [0.15, 0.2) is 70.8 Å². The third-order valence-electron chi connectivity index (χ3n) is 8.61. The minimum Gasteiger partial charge on any atom is -0.338 e. The summed E-state index contributed by atoms with van der Waals surface area (Å²) >= 11 is 1.80. The van der Waals surface area contributed by atoms with Crippen LogP contribution in [-0.2, 0) is 11.0 Å². The van der Waals surface area contributed by atoms with Gasteiger partial charge in [-0.2, -0.15) is 13.2 Å². The zero-order valence-corrected chi connectivity index (χ0v) is 24.0. The largest absolute Gasteiger partial charge is 0.416 e. The lowest BCUT2D eigenvalue weighted by Crippen LogP contribution is -2.42. The Kier molecular flexibility index (Phi) is 7.90. The summed E-state index contributed by atoms with van der Waals surface area (Å²) in [4.78, 5) is 26.0. The van der Waals surface area contributed by atoms with Crippen LogP contribution in [0, 0.1) is 11.8 Å². The van der Waals surface area contributed by atoms with Crippen LogP contribution in [0.3, 0.4) is 0 Å². The molecule has 0 spiro atoms. The first-order valence-electron chi connectivity index (χ1n) is 14.5. The number of rotatable bonds is 5. The number of thioether (sulfide) groups is 1. The molecule has 0 radical (unpaired) electrons. The Balaban J connectivity index is 1.30. The van der Waals surface area contributed by atoms with Gasteiger partial charge in [0.05, 0.1) is 28.2 Å². The highest BCUT2D eigenvalue weighted by Crippen LogP contribution is 2.39. The highest BCUT2D eigenvalue weighted by Gasteiger charge is 2.35. The van der Waals surface area contributed by atoms with E-state index >= 15 is 0 Å². The maximum atomic E-state index is 14.5. The average Bonchev–Trinajstić information content (AvgIpc) is 3.42. The minimum absolute atomic E-state index is 0.0275. The van der Waals surface area contributed by atoms with E-state index in [1.807, 2.05) is 40.1 Å². The number of anilines is 2. The topological polar surface area (TPSA) is 52.2 Å². The van der Waals surface area contributed by atoms with Gasteiger partial charge in [0.2, 0.25) is 5.95 Å². The summed E-state index contributed by atoms with van der Waals surface area (Å²) in [5.41, 5.74) is 2.86. The summed E-state index contributed by atoms with van der Waals surface area (Å²) in [6, 6.07) is 13.4. The van der Waals surface area contributed by atoms with Gasteiger partial charge in [0.15, 0.2) is 0 Å². The van der Waals surface area contributed by atoms with E-state index in [0.717, 1.165) is 46.2 Å². The summed E-state index contributed by atoms with van der Waals surface area (Å²) in [5, 5.41) is 0.991. The van der Waals surface area contributed by atoms with E-state index in [9.17, 15) is 18.0 Å². The number of allylic oxidation sites excluding steroid dienone is 1. The Morgan fingerprint density at radius 2 is 1.85 bits per heavy atom. The van der Waals surface area contributed by atoms with Gasteiger partial charge in [-0.3, -0.25) is 9.69 Å². The number of alkyl halides is 3. The number of hydrogen-bond acceptors (Lipinski definition) is 4. The number of para-hydroxylation sites is 1. The van der Waals surface area contributed by atoms with E-state index in [0.29, 0.717) is 42.4 Å². The monoisotopic (exact) mass is 580 g/mol. The fraction of sp³-hybridized carbons (Fsp3) is 0.438. The average molecular weight is 581 g/mol. The van der Waals surface area contributed by atoms with Crippen molar-refractivity contribution in [3.05, 3.63) is 76.3 Å². The van der Waals surface area contributed by atoms with Gasteiger partial charge < -0.3 is 9.88 Å². The summed E-state index contributed by atoms with van der Waals surface area (Å²) in [7, 11) is 0. The van der Waals surface area contributed by atoms with E-state index in [-0.39, 0.29) is 11.8 Å². The van der Waals surface area contributed by atoms with Gasteiger partial charge in [-0.25, -0.2) is 4.98 Å². The van der Waals surface area contributed by atoms with Gasteiger partial charge >= 0.3 is 6.18 Å². The zero-order chi connectivity index (χ0) is 28.6. The summed E-state index contributed by atoms with van der Waals surface area (Å²) in [5.74, 6) is 2.37. The van der Waals surface area contributed by atoms with Gasteiger partial charge in [-0.05, 0) is 67.9 Å². The standard InChI is InChI=1S/C32H35F3N4OS/c1-21-12-15-29(41-20-22-8-4-2-5-9-22)39(24-10-6-3-7-11-24)30(40)26-19-38(17-16-25(21)26)31-36-27-14-13-23(32(33,34)35)18-28(27)37-31/h3,6-7,10-11,13-15,18,21-22H,2,4-5,8-9,12,16-17,19-20H2,1H3,(H,36,37). The van der Waals surface area contributed by atoms with Crippen LogP contribution < -0.4 is 9.80 Å². The van der Waals surface area contributed by atoms with E-state index in [4.69, 9.17) is 0 Å². The molecule has 41 heavy (non-hydrogen) atoms. The van der Waals surface area contributed by atoms with Crippen molar-refractivity contribution >= 4 is 40.3 Å². The molecule has 2 aliphatic heterocycles. The third kappa shape index (κ3) is 5.92. The normalized spacial score (nSPS) is 21.1. The Hall–Kier alpha value is -3.20. The molecule has 1 aromatic heterocycles. The molecule has 1 aliphatic carbocycles. The molecule has 3 heterocycles. The van der Waals surface area contributed by atoms with Crippen molar-refractivity contribution in [3.63, 3.8) is 0 Å². The molecule has 3 aliphatic rings. The number of benzene rings is 2. The van der Waals surface area contributed by atoms with Gasteiger partial charge in [-0.15, -0.1) is 11.8 Å². The molecule has 1 saturated carbocycles. The first-order chi connectivity index (χ1) is 19.8. The van der Waals surface area contributed by atoms with Crippen molar-refractivity contribution in [1.29, 1.82) is 0 Å². The highest BCUT2D eigenvalue weighted by atomic mass is 32.2. The number of nitrogens with zero attached hydrogens (tertiary/aromatic N) is 3. The van der Waals surface area contributed by atoms with Crippen molar-refractivity contribution < 1.29 is 18.0 Å². The molecule has 1 unspecified atom stereocenters. The lowest BCUT2D eigenvalue weighted by molar-refractivity contribution is -0.137. The molecule has 5 nitrogen and oxygen atoms in total. The number of aromatic amines is 1. The van der Waals surface area contributed by atoms with Gasteiger partial charge in [0.1, 0.15) is 0 Å². The fourth-order valence-electron chi connectivity index (χ4n) is 6.28. The van der Waals surface area contributed by atoms with Gasteiger partial charge in [0, 0.05) is 23.6 Å². The number of amides is 1. The van der Waals surface area contributed by atoms with Crippen LogP contribution in [0.2, 0.25) is 0 Å². The second-order valence-electron chi connectivity index (χ2n) is 11.4. The molecule has 1 amide bonds. The number of H-pyrrole nitrogens is 1. The van der Waals surface area contributed by atoms with Crippen molar-refractivity contribution in [2.24, 2.45) is 11.8 Å². The molecule has 0 bridgehead atoms. The molecule has 216 valence electrons. The summed E-state index contributed by atoms with van der Waals surface area (Å²) in [6.07, 6.45) is 5.77. The van der Waals surface area contributed by atoms with Crippen molar-refractivity contribution in [1.82, 2.24) is 9.97 Å². The zero-order valence-electron chi connectivity index (χ0n) is 23.2. The highest BCUT2D eigenvalue weighted by molar-refractivity contribution is 8.03. The maximum Gasteiger partial charge on any atom is 0.416 e. The van der Waals surface area contributed by atoms with E-state index in [1.54, 1.807) is 11.8 Å². The molecule has 2 aromatic carbocycles. The predicted octanol–water partition coefficient (Wildman–Crippen LogP) is 8.32. The Labute approximate surface area is 242 Å². The van der Waals surface area contributed by atoms with Gasteiger partial charge in [0.25, 0.3) is 5.91 Å².